The molecule has 1 heterocycles. The number of carbonyl (C=O) groups is 1. The summed E-state index contributed by atoms with van der Waals surface area (Å²) in [7, 11) is 3.33. The van der Waals surface area contributed by atoms with Crippen molar-refractivity contribution in [3.05, 3.63) is 0 Å². The van der Waals surface area contributed by atoms with Gasteiger partial charge in [-0.15, -0.1) is 0 Å². The zero-order chi connectivity index (χ0) is 13.5. The minimum absolute atomic E-state index is 0.0760. The summed E-state index contributed by atoms with van der Waals surface area (Å²) in [5.74, 6) is 5.50. The third-order valence-corrected chi connectivity index (χ3v) is 1.91. The Balaban J connectivity index is 2.75. The number of nitrogens with one attached hydrogen (secondary N) is 2. The molecule has 0 aliphatic heterocycles. The molecule has 0 atom stereocenters. The number of rotatable bonds is 6. The molecule has 18 heavy (non-hydrogen) atoms. The third kappa shape index (κ3) is 4.01. The first-order valence-electron chi connectivity index (χ1n) is 5.36. The Hall–Kier alpha value is -2.16. The molecule has 9 heteroatoms. The molecule has 0 unspecified atom stereocenters. The van der Waals surface area contributed by atoms with E-state index in [4.69, 9.17) is 10.6 Å². The van der Waals surface area contributed by atoms with Gasteiger partial charge in [-0.2, -0.15) is 15.0 Å². The van der Waals surface area contributed by atoms with E-state index in [9.17, 15) is 4.79 Å². The van der Waals surface area contributed by atoms with E-state index in [1.54, 1.807) is 14.1 Å². The van der Waals surface area contributed by atoms with E-state index in [2.05, 4.69) is 25.7 Å². The van der Waals surface area contributed by atoms with Crippen LogP contribution in [-0.4, -0.2) is 53.0 Å². The number of nitrogens with zero attached hydrogens (tertiary/aromatic N) is 4. The molecule has 1 rings (SSSR count). The van der Waals surface area contributed by atoms with Gasteiger partial charge in [0.15, 0.2) is 0 Å². The quantitative estimate of drug-likeness (QED) is 0.440. The van der Waals surface area contributed by atoms with Crippen molar-refractivity contribution in [1.82, 2.24) is 19.9 Å². The molecule has 0 fully saturated rings. The summed E-state index contributed by atoms with van der Waals surface area (Å²) in [5.41, 5.74) is 2.30. The standard InChI is InChI=1S/C9H17N7O2/c1-4-18-9-13-7(12-8(14-9)15-10)11-5-6(17)16(2)3/h4-5,10H2,1-3H3,(H2,11,12,13,14,15). The van der Waals surface area contributed by atoms with Crippen molar-refractivity contribution in [1.29, 1.82) is 0 Å². The van der Waals surface area contributed by atoms with Crippen LogP contribution < -0.4 is 21.3 Å². The van der Waals surface area contributed by atoms with E-state index in [-0.39, 0.29) is 30.4 Å². The maximum atomic E-state index is 11.4. The molecule has 100 valence electrons. The number of anilines is 2. The van der Waals surface area contributed by atoms with Crippen molar-refractivity contribution >= 4 is 17.8 Å². The van der Waals surface area contributed by atoms with Crippen molar-refractivity contribution in [2.24, 2.45) is 5.84 Å². The molecule has 0 spiro atoms. The molecule has 0 bridgehead atoms. The molecular weight excluding hydrogens is 238 g/mol. The maximum Gasteiger partial charge on any atom is 0.323 e. The lowest BCUT2D eigenvalue weighted by Crippen LogP contribution is -2.29. The third-order valence-electron chi connectivity index (χ3n) is 1.91. The molecule has 1 amide bonds. The lowest BCUT2D eigenvalue weighted by Gasteiger charge is -2.11. The fourth-order valence-electron chi connectivity index (χ4n) is 1.01. The molecule has 0 saturated carbocycles. The van der Waals surface area contributed by atoms with Crippen LogP contribution in [0, 0.1) is 0 Å². The van der Waals surface area contributed by atoms with Crippen molar-refractivity contribution in [2.45, 2.75) is 6.92 Å². The Labute approximate surface area is 105 Å². The van der Waals surface area contributed by atoms with E-state index in [1.165, 1.54) is 4.90 Å². The number of likely N-dealkylation sites (N-methyl/N-ethyl adjacent to an activating group) is 1. The van der Waals surface area contributed by atoms with Gasteiger partial charge in [-0.3, -0.25) is 10.2 Å². The van der Waals surface area contributed by atoms with E-state index in [0.29, 0.717) is 6.61 Å². The van der Waals surface area contributed by atoms with Crippen molar-refractivity contribution in [2.75, 3.05) is 38.0 Å². The van der Waals surface area contributed by atoms with Crippen molar-refractivity contribution in [3.8, 4) is 6.01 Å². The lowest BCUT2D eigenvalue weighted by molar-refractivity contribution is -0.126. The SMILES string of the molecule is CCOc1nc(NN)nc(NCC(=O)N(C)C)n1. The van der Waals surface area contributed by atoms with Gasteiger partial charge in [-0.1, -0.05) is 0 Å². The Morgan fingerprint density at radius 3 is 2.56 bits per heavy atom. The highest BCUT2D eigenvalue weighted by atomic mass is 16.5. The zero-order valence-electron chi connectivity index (χ0n) is 10.6. The zero-order valence-corrected chi connectivity index (χ0v) is 10.6. The summed E-state index contributed by atoms with van der Waals surface area (Å²) in [6.07, 6.45) is 0. The van der Waals surface area contributed by atoms with Crippen LogP contribution in [0.1, 0.15) is 6.92 Å². The Kier molecular flexibility index (Phi) is 5.06. The highest BCUT2D eigenvalue weighted by molar-refractivity contribution is 5.79. The van der Waals surface area contributed by atoms with E-state index in [0.717, 1.165) is 0 Å². The molecule has 0 aliphatic rings. The van der Waals surface area contributed by atoms with Gasteiger partial charge >= 0.3 is 6.01 Å². The summed E-state index contributed by atoms with van der Waals surface area (Å²) in [4.78, 5) is 24.7. The maximum absolute atomic E-state index is 11.4. The number of hydrazine groups is 1. The van der Waals surface area contributed by atoms with E-state index >= 15 is 0 Å². The minimum atomic E-state index is -0.101. The Morgan fingerprint density at radius 2 is 2.00 bits per heavy atom. The van der Waals surface area contributed by atoms with Crippen LogP contribution in [-0.2, 0) is 4.79 Å². The van der Waals surface area contributed by atoms with Crippen LogP contribution in [0.4, 0.5) is 11.9 Å². The van der Waals surface area contributed by atoms with Gasteiger partial charge in [-0.25, -0.2) is 5.84 Å². The number of aromatic nitrogens is 3. The van der Waals surface area contributed by atoms with Crippen LogP contribution in [0.25, 0.3) is 0 Å². The first kappa shape index (κ1) is 13.9. The minimum Gasteiger partial charge on any atom is -0.464 e. The van der Waals surface area contributed by atoms with E-state index < -0.39 is 0 Å². The van der Waals surface area contributed by atoms with Crippen molar-refractivity contribution in [3.63, 3.8) is 0 Å². The first-order chi connectivity index (χ1) is 8.56. The largest absolute Gasteiger partial charge is 0.464 e. The van der Waals surface area contributed by atoms with Crippen molar-refractivity contribution < 1.29 is 9.53 Å². The molecule has 0 radical (unpaired) electrons. The number of nitrogen functional groups attached to an aromatic ring is 1. The highest BCUT2D eigenvalue weighted by Crippen LogP contribution is 2.09. The fourth-order valence-corrected chi connectivity index (χ4v) is 1.01. The predicted molar refractivity (Wildman–Crippen MR) is 66.0 cm³/mol. The number of ether oxygens (including phenoxy) is 1. The highest BCUT2D eigenvalue weighted by Gasteiger charge is 2.08. The number of hydrogen-bond acceptors (Lipinski definition) is 8. The average molecular weight is 255 g/mol. The number of nitrogens with two attached hydrogens (primary N) is 1. The first-order valence-corrected chi connectivity index (χ1v) is 5.36. The van der Waals surface area contributed by atoms with Gasteiger partial charge < -0.3 is 15.0 Å². The van der Waals surface area contributed by atoms with Crippen LogP contribution in [0.5, 0.6) is 6.01 Å². The average Bonchev–Trinajstić information content (AvgIpc) is 2.35. The smallest absolute Gasteiger partial charge is 0.323 e. The normalized spacial score (nSPS) is 9.78. The van der Waals surface area contributed by atoms with Crippen LogP contribution in [0.15, 0.2) is 0 Å². The Morgan fingerprint density at radius 1 is 1.33 bits per heavy atom. The van der Waals surface area contributed by atoms with Gasteiger partial charge in [0.25, 0.3) is 0 Å². The summed E-state index contributed by atoms with van der Waals surface area (Å²) in [6, 6.07) is 0.139. The van der Waals surface area contributed by atoms with Gasteiger partial charge in [0.1, 0.15) is 0 Å². The summed E-state index contributed by atoms with van der Waals surface area (Å²) in [5, 5.41) is 2.77. The molecular formula is C9H17N7O2. The van der Waals surface area contributed by atoms with Crippen LogP contribution in [0.3, 0.4) is 0 Å². The summed E-state index contributed by atoms with van der Waals surface area (Å²) < 4.78 is 5.15. The molecule has 4 N–H and O–H groups in total. The molecule has 1 aromatic heterocycles. The summed E-state index contributed by atoms with van der Waals surface area (Å²) >= 11 is 0. The number of carbonyl (C=O) groups excluding carboxylic acids is 1. The lowest BCUT2D eigenvalue weighted by atomic mass is 10.5. The van der Waals surface area contributed by atoms with E-state index in [1.807, 2.05) is 6.92 Å². The van der Waals surface area contributed by atoms with Crippen LogP contribution >= 0.6 is 0 Å². The number of amides is 1. The predicted octanol–water partition coefficient (Wildman–Crippen LogP) is -0.944. The fraction of sp³-hybridized carbons (Fsp3) is 0.556. The molecule has 0 aliphatic carbocycles. The van der Waals surface area contributed by atoms with Gasteiger partial charge in [-0.05, 0) is 6.92 Å². The topological polar surface area (TPSA) is 118 Å². The van der Waals surface area contributed by atoms with Crippen LogP contribution in [0.2, 0.25) is 0 Å². The second kappa shape index (κ2) is 6.55. The second-order valence-electron chi connectivity index (χ2n) is 3.48. The summed E-state index contributed by atoms with van der Waals surface area (Å²) in [6.45, 7) is 2.30. The monoisotopic (exact) mass is 255 g/mol. The molecule has 9 nitrogen and oxygen atoms in total. The second-order valence-corrected chi connectivity index (χ2v) is 3.48. The van der Waals surface area contributed by atoms with Gasteiger partial charge in [0.2, 0.25) is 17.8 Å². The molecule has 0 aromatic carbocycles. The van der Waals surface area contributed by atoms with Gasteiger partial charge in [0.05, 0.1) is 13.2 Å². The number of hydrogen-bond donors (Lipinski definition) is 3. The molecule has 1 aromatic rings. The Bertz CT molecular complexity index is 410. The molecule has 0 saturated heterocycles. The van der Waals surface area contributed by atoms with Gasteiger partial charge in [0, 0.05) is 14.1 Å².